The third-order valence-corrected chi connectivity index (χ3v) is 9.06. The number of fused-ring (bicyclic) bond motifs is 1. The number of carboxylic acid groups (broad SMARTS) is 1. The molecule has 1 saturated carbocycles. The lowest BCUT2D eigenvalue weighted by atomic mass is 9.74. The number of β-lactam (4-membered cyclic amide) rings is 1. The highest BCUT2D eigenvalue weighted by atomic mass is 32.3. The number of amides is 1. The van der Waals surface area contributed by atoms with Gasteiger partial charge in [0.05, 0.1) is 23.4 Å². The van der Waals surface area contributed by atoms with Gasteiger partial charge in [0.15, 0.2) is 23.7 Å². The smallest absolute Gasteiger partial charge is 0.418 e. The van der Waals surface area contributed by atoms with Crippen LogP contribution in [0.2, 0.25) is 0 Å². The molecule has 0 unspecified atom stereocenters. The van der Waals surface area contributed by atoms with Crippen LogP contribution in [-0.4, -0.2) is 74.4 Å². The third-order valence-electron chi connectivity index (χ3n) is 8.05. The second kappa shape index (κ2) is 12.3. The Morgan fingerprint density at radius 3 is 2.62 bits per heavy atom. The highest BCUT2D eigenvalue weighted by Gasteiger charge is 2.57. The van der Waals surface area contributed by atoms with E-state index in [0.29, 0.717) is 16.7 Å². The minimum atomic E-state index is -4.98. The van der Waals surface area contributed by atoms with Gasteiger partial charge in [0.1, 0.15) is 23.6 Å². The number of ether oxygens (including phenoxy) is 1. The lowest BCUT2D eigenvalue weighted by Crippen LogP contribution is -2.68. The fourth-order valence-electron chi connectivity index (χ4n) is 5.27. The molecular weight excluding hydrogens is 632 g/mol. The minimum Gasteiger partial charge on any atom is -0.489 e. The number of nitrogens with two attached hydrogens (primary N) is 1. The number of hydrogen-bond donors (Lipinski definition) is 3. The number of nitrogen functional groups attached to an aromatic ring is 1. The number of aliphatic carboxylic acids is 1. The first-order chi connectivity index (χ1) is 21.1. The van der Waals surface area contributed by atoms with Crippen molar-refractivity contribution in [3.8, 4) is 5.75 Å². The monoisotopic (exact) mass is 665 g/mol. The molecule has 242 valence electrons. The summed E-state index contributed by atoms with van der Waals surface area (Å²) >= 11 is 0.999. The van der Waals surface area contributed by atoms with E-state index in [1.54, 1.807) is 12.1 Å². The van der Waals surface area contributed by atoms with Crippen LogP contribution in [0, 0.1) is 11.8 Å². The standard InChI is InChI=1S/C27H32N6O10S2/c1-27(2)18(24(35)33(27)43-45(38,39)40)10-21(34)23(19-14-44-26(28)29-19)30-42-22(25(36)37)13-41-17-7-8-20-16(9-17)12-31(3)32(20)11-15-5-4-6-15/h7-9,12,14-15,18,22H,4-6,10-11,13H2,1-3H3,(H3-,28,29,36,37,38,39,40)/p+1/b30-23-/t18-,22+/m1/s1. The summed E-state index contributed by atoms with van der Waals surface area (Å²) < 4.78 is 45.5. The van der Waals surface area contributed by atoms with Crippen molar-refractivity contribution in [1.29, 1.82) is 0 Å². The van der Waals surface area contributed by atoms with Gasteiger partial charge in [-0.05, 0) is 50.8 Å². The Kier molecular flexibility index (Phi) is 8.85. The maximum atomic E-state index is 13.3. The van der Waals surface area contributed by atoms with Crippen molar-refractivity contribution in [2.24, 2.45) is 24.0 Å². The van der Waals surface area contributed by atoms with Crippen LogP contribution in [0.15, 0.2) is 34.9 Å². The van der Waals surface area contributed by atoms with E-state index >= 15 is 0 Å². The molecule has 2 aliphatic rings. The van der Waals surface area contributed by atoms with Crippen LogP contribution in [0.1, 0.15) is 45.2 Å². The van der Waals surface area contributed by atoms with Crippen LogP contribution < -0.4 is 15.2 Å². The molecule has 4 N–H and O–H groups in total. The molecule has 3 aromatic rings. The molecule has 1 saturated heterocycles. The van der Waals surface area contributed by atoms with Gasteiger partial charge in [0.25, 0.3) is 12.0 Å². The Balaban J connectivity index is 1.29. The molecule has 45 heavy (non-hydrogen) atoms. The number of aromatic nitrogens is 3. The zero-order chi connectivity index (χ0) is 32.7. The van der Waals surface area contributed by atoms with Crippen molar-refractivity contribution in [2.75, 3.05) is 12.3 Å². The van der Waals surface area contributed by atoms with Gasteiger partial charge in [-0.2, -0.15) is 18.2 Å². The van der Waals surface area contributed by atoms with Gasteiger partial charge in [-0.15, -0.1) is 20.3 Å². The number of Topliss-reactive ketones (excluding diaryl/α,β-unsaturated/α-hetero) is 1. The summed E-state index contributed by atoms with van der Waals surface area (Å²) in [6.45, 7) is 3.34. The fraction of sp³-hybridized carbons (Fsp3) is 0.481. The van der Waals surface area contributed by atoms with Crippen molar-refractivity contribution in [3.63, 3.8) is 0 Å². The summed E-state index contributed by atoms with van der Waals surface area (Å²) in [7, 11) is -3.02. The van der Waals surface area contributed by atoms with E-state index in [0.717, 1.165) is 28.8 Å². The summed E-state index contributed by atoms with van der Waals surface area (Å²) in [6.07, 6.45) is 3.54. The molecule has 3 heterocycles. The SMILES string of the molecule is C[n+]1cc2cc(OC[C@H](O/N=C(\C(=O)C[C@@H]3C(=O)N(OS(=O)(=O)O)C3(C)C)c3csc(N)n3)C(=O)O)ccc2n1CC1CCC1. The average Bonchev–Trinajstić information content (AvgIpc) is 3.50. The van der Waals surface area contributed by atoms with Gasteiger partial charge >= 0.3 is 16.4 Å². The molecule has 16 nitrogen and oxygen atoms in total. The molecule has 2 fully saturated rings. The molecule has 5 rings (SSSR count). The Morgan fingerprint density at radius 1 is 1.31 bits per heavy atom. The molecule has 18 heteroatoms. The number of carbonyl (C=O) groups excluding carboxylic acids is 2. The van der Waals surface area contributed by atoms with Crippen LogP contribution in [0.4, 0.5) is 5.13 Å². The quantitative estimate of drug-likeness (QED) is 0.0734. The minimum absolute atomic E-state index is 0.00656. The molecule has 0 bridgehead atoms. The summed E-state index contributed by atoms with van der Waals surface area (Å²) in [6, 6.07) is 5.45. The molecule has 0 spiro atoms. The zero-order valence-electron chi connectivity index (χ0n) is 24.7. The third kappa shape index (κ3) is 6.92. The van der Waals surface area contributed by atoms with Gasteiger partial charge in [-0.25, -0.2) is 9.78 Å². The molecule has 2 atom stereocenters. The average molecular weight is 666 g/mol. The number of anilines is 1. The lowest BCUT2D eigenvalue weighted by molar-refractivity contribution is -0.751. The largest absolute Gasteiger partial charge is 0.489 e. The molecule has 1 aliphatic heterocycles. The van der Waals surface area contributed by atoms with E-state index in [4.69, 9.17) is 19.9 Å². The number of aryl methyl sites for hydroxylation is 1. The topological polar surface area (TPSA) is 217 Å². The molecule has 0 radical (unpaired) electrons. The Labute approximate surface area is 261 Å². The van der Waals surface area contributed by atoms with Crippen molar-refractivity contribution < 1.29 is 51.0 Å². The zero-order valence-corrected chi connectivity index (χ0v) is 26.3. The van der Waals surface area contributed by atoms with Gasteiger partial charge in [0, 0.05) is 11.8 Å². The van der Waals surface area contributed by atoms with Gasteiger partial charge in [0.2, 0.25) is 6.20 Å². The Morgan fingerprint density at radius 2 is 2.04 bits per heavy atom. The molecule has 2 aromatic heterocycles. The van der Waals surface area contributed by atoms with E-state index in [1.165, 1.54) is 38.5 Å². The van der Waals surface area contributed by atoms with Gasteiger partial charge in [-0.1, -0.05) is 11.6 Å². The number of hydroxylamine groups is 2. The van der Waals surface area contributed by atoms with E-state index in [2.05, 4.69) is 19.1 Å². The van der Waals surface area contributed by atoms with Crippen molar-refractivity contribution in [3.05, 3.63) is 35.5 Å². The van der Waals surface area contributed by atoms with Crippen molar-refractivity contribution in [1.82, 2.24) is 14.7 Å². The van der Waals surface area contributed by atoms with Crippen LogP contribution in [-0.2, 0) is 47.5 Å². The molecule has 1 aromatic carbocycles. The van der Waals surface area contributed by atoms with E-state index in [9.17, 15) is 27.9 Å². The van der Waals surface area contributed by atoms with Crippen molar-refractivity contribution >= 4 is 61.1 Å². The Hall–Kier alpha value is -4.13. The second-order valence-corrected chi connectivity index (χ2v) is 13.4. The number of carboxylic acids is 1. The van der Waals surface area contributed by atoms with Gasteiger partial charge < -0.3 is 20.4 Å². The van der Waals surface area contributed by atoms with Gasteiger partial charge in [-0.3, -0.25) is 14.1 Å². The molecular formula is C27H33N6O10S2+. The number of ketones is 1. The maximum absolute atomic E-state index is 13.3. The number of hydrogen-bond acceptors (Lipinski definition) is 12. The maximum Gasteiger partial charge on any atom is 0.418 e. The second-order valence-electron chi connectivity index (χ2n) is 11.5. The summed E-state index contributed by atoms with van der Waals surface area (Å²) in [4.78, 5) is 47.2. The predicted octanol–water partition coefficient (Wildman–Crippen LogP) is 1.49. The lowest BCUT2D eigenvalue weighted by Gasteiger charge is -2.50. The summed E-state index contributed by atoms with van der Waals surface area (Å²) in [5.41, 5.74) is 5.05. The normalized spacial score (nSPS) is 19.2. The number of oxime groups is 1. The summed E-state index contributed by atoms with van der Waals surface area (Å²) in [5.74, 6) is -3.03. The fourth-order valence-corrected chi connectivity index (χ4v) is 6.27. The highest BCUT2D eigenvalue weighted by Crippen LogP contribution is 2.40. The van der Waals surface area contributed by atoms with Crippen molar-refractivity contribution in [2.45, 2.75) is 57.7 Å². The van der Waals surface area contributed by atoms with E-state index < -0.39 is 64.4 Å². The molecule has 1 aliphatic carbocycles. The number of nitrogens with zero attached hydrogens (tertiary/aromatic N) is 5. The first-order valence-electron chi connectivity index (χ1n) is 14.0. The predicted molar refractivity (Wildman–Crippen MR) is 158 cm³/mol. The first kappa shape index (κ1) is 32.3. The number of rotatable bonds is 14. The first-order valence-corrected chi connectivity index (χ1v) is 16.2. The number of carbonyl (C=O) groups is 3. The number of thiazole rings is 1. The summed E-state index contributed by atoms with van der Waals surface area (Å²) in [5, 5.41) is 16.5. The molecule has 1 amide bonds. The number of benzene rings is 1. The highest BCUT2D eigenvalue weighted by molar-refractivity contribution is 7.80. The van der Waals surface area contributed by atoms with Crippen LogP contribution in [0.3, 0.4) is 0 Å². The Bertz CT molecular complexity index is 1780. The van der Waals surface area contributed by atoms with Crippen LogP contribution in [0.25, 0.3) is 10.9 Å². The van der Waals surface area contributed by atoms with Crippen LogP contribution >= 0.6 is 11.3 Å². The van der Waals surface area contributed by atoms with Crippen LogP contribution in [0.5, 0.6) is 5.75 Å². The van der Waals surface area contributed by atoms with E-state index in [-0.39, 0.29) is 10.8 Å². The van der Waals surface area contributed by atoms with E-state index in [1.807, 2.05) is 24.0 Å².